The van der Waals surface area contributed by atoms with Crippen LogP contribution in [0.3, 0.4) is 0 Å². The van der Waals surface area contributed by atoms with E-state index in [1.54, 1.807) is 7.11 Å². The van der Waals surface area contributed by atoms with Crippen LogP contribution in [0.2, 0.25) is 0 Å². The lowest BCUT2D eigenvalue weighted by molar-refractivity contribution is -0.0630. The van der Waals surface area contributed by atoms with Crippen LogP contribution in [0.15, 0.2) is 67.3 Å². The highest BCUT2D eigenvalue weighted by atomic mass is 16.5. The Kier molecular flexibility index (Phi) is 7.98. The third-order valence-electron chi connectivity index (χ3n) is 7.93. The van der Waals surface area contributed by atoms with Gasteiger partial charge in [-0.15, -0.1) is 6.58 Å². The Morgan fingerprint density at radius 3 is 2.71 bits per heavy atom. The van der Waals surface area contributed by atoms with E-state index in [9.17, 15) is 9.90 Å². The van der Waals surface area contributed by atoms with Crippen molar-refractivity contribution in [3.05, 3.63) is 78.4 Å². The summed E-state index contributed by atoms with van der Waals surface area (Å²) in [6.07, 6.45) is 3.82. The summed E-state index contributed by atoms with van der Waals surface area (Å²) < 4.78 is 5.58. The maximum absolute atomic E-state index is 13.7. The summed E-state index contributed by atoms with van der Waals surface area (Å²) in [6.45, 7) is 11.5. The summed E-state index contributed by atoms with van der Waals surface area (Å²) >= 11 is 0. The average molecular weight is 477 g/mol. The van der Waals surface area contributed by atoms with E-state index in [2.05, 4.69) is 37.5 Å². The van der Waals surface area contributed by atoms with Gasteiger partial charge in [-0.2, -0.15) is 0 Å². The first kappa shape index (κ1) is 25.5. The Balaban J connectivity index is 1.73. The number of benzene rings is 2. The molecule has 2 fully saturated rings. The van der Waals surface area contributed by atoms with Gasteiger partial charge < -0.3 is 14.7 Å². The average Bonchev–Trinajstić information content (AvgIpc) is 2.87. The van der Waals surface area contributed by atoms with Gasteiger partial charge >= 0.3 is 0 Å². The molecule has 1 heterocycles. The molecule has 4 atom stereocenters. The summed E-state index contributed by atoms with van der Waals surface area (Å²) in [5, 5.41) is 11.6. The number of fused-ring (bicyclic) bond motifs is 1. The van der Waals surface area contributed by atoms with Crippen LogP contribution in [-0.2, 0) is 5.41 Å². The quantitative estimate of drug-likeness (QED) is 0.558. The van der Waals surface area contributed by atoms with Crippen molar-refractivity contribution in [2.45, 2.75) is 50.7 Å². The fourth-order valence-electron chi connectivity index (χ4n) is 6.31. The molecule has 1 aliphatic carbocycles. The number of rotatable bonds is 8. The normalized spacial score (nSPS) is 26.7. The maximum Gasteiger partial charge on any atom is 0.254 e. The summed E-state index contributed by atoms with van der Waals surface area (Å²) in [4.78, 5) is 18.2. The van der Waals surface area contributed by atoms with Crippen LogP contribution in [-0.4, -0.2) is 66.2 Å². The maximum atomic E-state index is 13.7. The number of carbonyl (C=O) groups is 1. The number of ether oxygens (including phenoxy) is 1. The molecule has 0 aromatic heterocycles. The number of methoxy groups -OCH3 is 1. The van der Waals surface area contributed by atoms with Gasteiger partial charge in [0.25, 0.3) is 5.91 Å². The summed E-state index contributed by atoms with van der Waals surface area (Å²) in [6, 6.07) is 17.9. The van der Waals surface area contributed by atoms with Crippen LogP contribution in [0, 0.1) is 11.8 Å². The topological polar surface area (TPSA) is 53.0 Å². The summed E-state index contributed by atoms with van der Waals surface area (Å²) in [5.41, 5.74) is 1.70. The van der Waals surface area contributed by atoms with Crippen LogP contribution >= 0.6 is 0 Å². The highest BCUT2D eigenvalue weighted by Gasteiger charge is 2.53. The van der Waals surface area contributed by atoms with Gasteiger partial charge in [0.1, 0.15) is 5.75 Å². The molecule has 1 amide bonds. The molecule has 5 heteroatoms. The molecule has 1 saturated heterocycles. The molecule has 3 unspecified atom stereocenters. The minimum absolute atomic E-state index is 0.0338. The van der Waals surface area contributed by atoms with E-state index in [4.69, 9.17) is 4.74 Å². The predicted molar refractivity (Wildman–Crippen MR) is 141 cm³/mol. The summed E-state index contributed by atoms with van der Waals surface area (Å²) in [7, 11) is 1.70. The second kappa shape index (κ2) is 11.0. The second-order valence-electron chi connectivity index (χ2n) is 10.7. The third kappa shape index (κ3) is 5.31. The third-order valence-corrected chi connectivity index (χ3v) is 7.93. The van der Waals surface area contributed by atoms with E-state index < -0.39 is 6.10 Å². The minimum Gasteiger partial charge on any atom is -0.497 e. The lowest BCUT2D eigenvalue weighted by atomic mass is 9.56. The number of aliphatic hydroxyl groups is 1. The minimum atomic E-state index is -0.495. The second-order valence-corrected chi connectivity index (χ2v) is 10.7. The largest absolute Gasteiger partial charge is 0.497 e. The zero-order valence-electron chi connectivity index (χ0n) is 21.4. The highest BCUT2D eigenvalue weighted by Crippen LogP contribution is 2.51. The Labute approximate surface area is 210 Å². The standard InChI is InChI=1S/C30H40N2O3/c1-5-15-31-16-14-30(24-12-9-13-26(17-24)35-4)19-25(18-28(33)27(30)21-31)32(20-22(2)3)29(34)23-10-7-6-8-11-23/h5-13,17,22,25,27-28,33H,1,14-16,18-21H2,2-4H3/t25-,27?,28?,30?/m0/s1. The molecule has 5 nitrogen and oxygen atoms in total. The Hall–Kier alpha value is -2.63. The Morgan fingerprint density at radius 2 is 2.03 bits per heavy atom. The van der Waals surface area contributed by atoms with E-state index in [-0.39, 0.29) is 23.3 Å². The SMILES string of the molecule is C=CCN1CCC2(c3cccc(OC)c3)C[C@@H](N(CC(C)C)C(=O)c3ccccc3)CC(O)C2C1. The Bertz CT molecular complexity index is 1010. The smallest absolute Gasteiger partial charge is 0.254 e. The van der Waals surface area contributed by atoms with Crippen LogP contribution < -0.4 is 4.74 Å². The van der Waals surface area contributed by atoms with E-state index >= 15 is 0 Å². The monoisotopic (exact) mass is 476 g/mol. The molecule has 188 valence electrons. The van der Waals surface area contributed by atoms with Gasteiger partial charge in [-0.25, -0.2) is 0 Å². The van der Waals surface area contributed by atoms with E-state index in [0.29, 0.717) is 24.4 Å². The number of carbonyl (C=O) groups excluding carboxylic acids is 1. The molecule has 0 radical (unpaired) electrons. The van der Waals surface area contributed by atoms with Crippen molar-refractivity contribution in [1.29, 1.82) is 0 Å². The first-order chi connectivity index (χ1) is 16.9. The summed E-state index contributed by atoms with van der Waals surface area (Å²) in [5.74, 6) is 1.31. The predicted octanol–water partition coefficient (Wildman–Crippen LogP) is 4.76. The lowest BCUT2D eigenvalue weighted by Gasteiger charge is -2.56. The molecular formula is C30H40N2O3. The molecule has 0 spiro atoms. The van der Waals surface area contributed by atoms with Crippen LogP contribution in [0.5, 0.6) is 5.75 Å². The molecule has 1 N–H and O–H groups in total. The van der Waals surface area contributed by atoms with Gasteiger partial charge in [-0.1, -0.05) is 50.3 Å². The zero-order valence-corrected chi connectivity index (χ0v) is 21.4. The van der Waals surface area contributed by atoms with Crippen LogP contribution in [0.25, 0.3) is 0 Å². The van der Waals surface area contributed by atoms with E-state index in [1.165, 1.54) is 5.56 Å². The molecule has 2 aromatic rings. The zero-order chi connectivity index (χ0) is 25.0. The van der Waals surface area contributed by atoms with Crippen molar-refractivity contribution >= 4 is 5.91 Å². The first-order valence-corrected chi connectivity index (χ1v) is 12.9. The molecular weight excluding hydrogens is 436 g/mol. The van der Waals surface area contributed by atoms with Crippen LogP contribution in [0.1, 0.15) is 49.0 Å². The highest BCUT2D eigenvalue weighted by molar-refractivity contribution is 5.94. The number of likely N-dealkylation sites (tertiary alicyclic amines) is 1. The molecule has 4 rings (SSSR count). The van der Waals surface area contributed by atoms with Crippen molar-refractivity contribution in [1.82, 2.24) is 9.80 Å². The molecule has 2 aromatic carbocycles. The molecule has 35 heavy (non-hydrogen) atoms. The molecule has 1 aliphatic heterocycles. The molecule has 0 bridgehead atoms. The number of hydrogen-bond acceptors (Lipinski definition) is 4. The van der Waals surface area contributed by atoms with Gasteiger partial charge in [-0.3, -0.25) is 9.69 Å². The van der Waals surface area contributed by atoms with E-state index in [1.807, 2.05) is 53.4 Å². The van der Waals surface area contributed by atoms with Gasteiger partial charge in [0.05, 0.1) is 13.2 Å². The van der Waals surface area contributed by atoms with Gasteiger partial charge in [0, 0.05) is 42.6 Å². The number of aliphatic hydroxyl groups excluding tert-OH is 1. The lowest BCUT2D eigenvalue weighted by Crippen LogP contribution is -2.61. The van der Waals surface area contributed by atoms with Gasteiger partial charge in [0.15, 0.2) is 0 Å². The number of amides is 1. The first-order valence-electron chi connectivity index (χ1n) is 12.9. The number of nitrogens with zero attached hydrogens (tertiary/aromatic N) is 2. The number of hydrogen-bond donors (Lipinski definition) is 1. The van der Waals surface area contributed by atoms with Crippen molar-refractivity contribution in [3.63, 3.8) is 0 Å². The van der Waals surface area contributed by atoms with Crippen LogP contribution in [0.4, 0.5) is 0 Å². The fourth-order valence-corrected chi connectivity index (χ4v) is 6.31. The molecule has 1 saturated carbocycles. The van der Waals surface area contributed by atoms with Gasteiger partial charge in [0.2, 0.25) is 0 Å². The number of piperidine rings is 1. The Morgan fingerprint density at radius 1 is 1.26 bits per heavy atom. The molecule has 2 aliphatic rings. The fraction of sp³-hybridized carbons (Fsp3) is 0.500. The van der Waals surface area contributed by atoms with Crippen molar-refractivity contribution in [2.24, 2.45) is 11.8 Å². The van der Waals surface area contributed by atoms with Gasteiger partial charge in [-0.05, 0) is 61.6 Å². The van der Waals surface area contributed by atoms with Crippen molar-refractivity contribution < 1.29 is 14.6 Å². The van der Waals surface area contributed by atoms with Crippen molar-refractivity contribution in [2.75, 3.05) is 33.3 Å². The van der Waals surface area contributed by atoms with Crippen molar-refractivity contribution in [3.8, 4) is 5.75 Å². The van der Waals surface area contributed by atoms with E-state index in [0.717, 1.165) is 38.2 Å².